The minimum atomic E-state index is 0.446. The molecule has 2 N–H and O–H groups in total. The van der Waals surface area contributed by atoms with Crippen LogP contribution in [0.1, 0.15) is 23.2 Å². The Labute approximate surface area is 117 Å². The summed E-state index contributed by atoms with van der Waals surface area (Å²) in [6, 6.07) is 10.7. The molecule has 4 rings (SSSR count). The van der Waals surface area contributed by atoms with Gasteiger partial charge in [-0.15, -0.1) is 0 Å². The summed E-state index contributed by atoms with van der Waals surface area (Å²) >= 11 is 0. The van der Waals surface area contributed by atoms with Crippen LogP contribution in [0.3, 0.4) is 0 Å². The summed E-state index contributed by atoms with van der Waals surface area (Å²) in [5, 5.41) is 4.68. The molecule has 1 aromatic carbocycles. The highest BCUT2D eigenvalue weighted by Crippen LogP contribution is 2.27. The van der Waals surface area contributed by atoms with E-state index in [1.807, 2.05) is 16.6 Å². The Morgan fingerprint density at radius 2 is 2.00 bits per heavy atom. The summed E-state index contributed by atoms with van der Waals surface area (Å²) in [5.41, 5.74) is 12.6. The fourth-order valence-corrected chi connectivity index (χ4v) is 2.95. The van der Waals surface area contributed by atoms with Crippen molar-refractivity contribution in [3.05, 3.63) is 53.3 Å². The Hall–Kier alpha value is -2.20. The van der Waals surface area contributed by atoms with Gasteiger partial charge in [0.2, 0.25) is 0 Å². The molecule has 4 nitrogen and oxygen atoms in total. The number of imidazole rings is 1. The van der Waals surface area contributed by atoms with Gasteiger partial charge in [0.1, 0.15) is 0 Å². The van der Waals surface area contributed by atoms with E-state index in [1.165, 1.54) is 36.0 Å². The van der Waals surface area contributed by atoms with Crippen LogP contribution >= 0.6 is 0 Å². The van der Waals surface area contributed by atoms with Crippen LogP contribution in [0.5, 0.6) is 0 Å². The number of fused-ring (bicyclic) bond motifs is 2. The molecule has 0 saturated heterocycles. The van der Waals surface area contributed by atoms with Crippen molar-refractivity contribution in [3.8, 4) is 11.3 Å². The van der Waals surface area contributed by atoms with Gasteiger partial charge in [-0.3, -0.25) is 0 Å². The second-order valence-corrected chi connectivity index (χ2v) is 5.28. The average Bonchev–Trinajstić information content (AvgIpc) is 3.12. The third-order valence-electron chi connectivity index (χ3n) is 4.04. The lowest BCUT2D eigenvalue weighted by molar-refractivity contribution is 0.849. The van der Waals surface area contributed by atoms with E-state index in [4.69, 9.17) is 5.73 Å². The van der Waals surface area contributed by atoms with Crippen LogP contribution in [0.4, 0.5) is 0 Å². The molecular weight excluding hydrogens is 248 g/mol. The van der Waals surface area contributed by atoms with Gasteiger partial charge >= 0.3 is 0 Å². The van der Waals surface area contributed by atoms with Gasteiger partial charge in [-0.2, -0.15) is 5.10 Å². The van der Waals surface area contributed by atoms with Crippen molar-refractivity contribution >= 4 is 5.65 Å². The first kappa shape index (κ1) is 11.6. The third-order valence-corrected chi connectivity index (χ3v) is 4.04. The van der Waals surface area contributed by atoms with E-state index >= 15 is 0 Å². The van der Waals surface area contributed by atoms with Gasteiger partial charge in [0.25, 0.3) is 0 Å². The van der Waals surface area contributed by atoms with Gasteiger partial charge in [-0.25, -0.2) is 9.50 Å². The van der Waals surface area contributed by atoms with Gasteiger partial charge in [0.15, 0.2) is 5.65 Å². The lowest BCUT2D eigenvalue weighted by atomic mass is 10.0. The van der Waals surface area contributed by atoms with Gasteiger partial charge in [0.05, 0.1) is 17.6 Å². The molecule has 0 unspecified atom stereocenters. The molecule has 0 atom stereocenters. The van der Waals surface area contributed by atoms with Gasteiger partial charge in [-0.05, 0) is 48.6 Å². The third kappa shape index (κ3) is 1.72. The molecule has 2 aromatic heterocycles. The lowest BCUT2D eigenvalue weighted by Crippen LogP contribution is -2.04. The molecule has 0 amide bonds. The first-order valence-electron chi connectivity index (χ1n) is 7.01. The van der Waals surface area contributed by atoms with Crippen LogP contribution in [0, 0.1) is 0 Å². The fraction of sp³-hybridized carbons (Fsp3) is 0.250. The van der Waals surface area contributed by atoms with Crippen molar-refractivity contribution in [2.75, 3.05) is 0 Å². The molecule has 1 aliphatic carbocycles. The minimum absolute atomic E-state index is 0.446. The van der Waals surface area contributed by atoms with E-state index in [0.29, 0.717) is 6.54 Å². The highest BCUT2D eigenvalue weighted by atomic mass is 15.3. The lowest BCUT2D eigenvalue weighted by Gasteiger charge is -2.06. The predicted molar refractivity (Wildman–Crippen MR) is 78.3 cm³/mol. The quantitative estimate of drug-likeness (QED) is 0.773. The van der Waals surface area contributed by atoms with Crippen molar-refractivity contribution in [1.82, 2.24) is 14.6 Å². The average molecular weight is 264 g/mol. The number of benzene rings is 1. The Balaban J connectivity index is 1.85. The zero-order valence-electron chi connectivity index (χ0n) is 11.2. The molecule has 4 heteroatoms. The minimum Gasteiger partial charge on any atom is -0.325 e. The number of nitrogens with zero attached hydrogens (tertiary/aromatic N) is 3. The van der Waals surface area contributed by atoms with Crippen LogP contribution in [-0.2, 0) is 19.4 Å². The van der Waals surface area contributed by atoms with Crippen LogP contribution in [0.15, 0.2) is 36.5 Å². The summed E-state index contributed by atoms with van der Waals surface area (Å²) < 4.78 is 1.84. The number of aromatic nitrogens is 3. The van der Waals surface area contributed by atoms with Crippen LogP contribution in [0.2, 0.25) is 0 Å². The van der Waals surface area contributed by atoms with Gasteiger partial charge in [-0.1, -0.05) is 12.1 Å². The van der Waals surface area contributed by atoms with Gasteiger partial charge < -0.3 is 5.73 Å². The van der Waals surface area contributed by atoms with E-state index in [-0.39, 0.29) is 0 Å². The largest absolute Gasteiger partial charge is 0.325 e. The van der Waals surface area contributed by atoms with E-state index in [0.717, 1.165) is 17.0 Å². The van der Waals surface area contributed by atoms with Crippen molar-refractivity contribution in [2.24, 2.45) is 5.73 Å². The Morgan fingerprint density at radius 1 is 1.10 bits per heavy atom. The number of rotatable bonds is 2. The van der Waals surface area contributed by atoms with E-state index in [1.54, 1.807) is 6.20 Å². The van der Waals surface area contributed by atoms with Crippen molar-refractivity contribution in [3.63, 3.8) is 0 Å². The molecule has 3 aromatic rings. The van der Waals surface area contributed by atoms with Crippen LogP contribution in [-0.4, -0.2) is 14.6 Å². The maximum Gasteiger partial charge on any atom is 0.153 e. The molecule has 2 heterocycles. The van der Waals surface area contributed by atoms with Gasteiger partial charge in [0, 0.05) is 12.1 Å². The first-order valence-corrected chi connectivity index (χ1v) is 7.01. The number of hydrogen-bond acceptors (Lipinski definition) is 3. The fourth-order valence-electron chi connectivity index (χ4n) is 2.95. The second-order valence-electron chi connectivity index (χ2n) is 5.28. The van der Waals surface area contributed by atoms with Crippen LogP contribution < -0.4 is 5.73 Å². The number of aryl methyl sites for hydroxylation is 2. The standard InChI is InChI=1S/C16H16N4/c17-9-14-10-18-16-7-6-15(19-20(14)16)13-5-4-11-2-1-3-12(11)8-13/h4-8,10H,1-3,9,17H2. The highest BCUT2D eigenvalue weighted by molar-refractivity contribution is 5.62. The molecule has 1 aliphatic rings. The van der Waals surface area contributed by atoms with Crippen molar-refractivity contribution in [1.29, 1.82) is 0 Å². The van der Waals surface area contributed by atoms with E-state index in [2.05, 4.69) is 28.3 Å². The van der Waals surface area contributed by atoms with E-state index in [9.17, 15) is 0 Å². The zero-order chi connectivity index (χ0) is 13.5. The normalized spacial score (nSPS) is 13.8. The molecule has 0 aliphatic heterocycles. The summed E-state index contributed by atoms with van der Waals surface area (Å²) in [6.45, 7) is 0.446. The summed E-state index contributed by atoms with van der Waals surface area (Å²) in [6.07, 6.45) is 5.45. The predicted octanol–water partition coefficient (Wildman–Crippen LogP) is 2.34. The second kappa shape index (κ2) is 4.42. The molecular formula is C16H16N4. The number of hydrogen-bond donors (Lipinski definition) is 1. The molecule has 0 spiro atoms. The summed E-state index contributed by atoms with van der Waals surface area (Å²) in [7, 11) is 0. The summed E-state index contributed by atoms with van der Waals surface area (Å²) in [4.78, 5) is 4.30. The first-order chi connectivity index (χ1) is 9.85. The van der Waals surface area contributed by atoms with E-state index < -0.39 is 0 Å². The molecule has 20 heavy (non-hydrogen) atoms. The molecule has 100 valence electrons. The maximum absolute atomic E-state index is 5.72. The van der Waals surface area contributed by atoms with Crippen molar-refractivity contribution < 1.29 is 0 Å². The van der Waals surface area contributed by atoms with Crippen molar-refractivity contribution in [2.45, 2.75) is 25.8 Å². The Kier molecular flexibility index (Phi) is 2.57. The molecule has 0 fully saturated rings. The Bertz CT molecular complexity index is 788. The monoisotopic (exact) mass is 264 g/mol. The SMILES string of the molecule is NCc1cnc2ccc(-c3ccc4c(c3)CCC4)nn12. The number of nitrogens with two attached hydrogens (primary N) is 1. The highest BCUT2D eigenvalue weighted by Gasteiger charge is 2.12. The maximum atomic E-state index is 5.72. The topological polar surface area (TPSA) is 56.2 Å². The smallest absolute Gasteiger partial charge is 0.153 e. The molecule has 0 saturated carbocycles. The Morgan fingerprint density at radius 3 is 2.90 bits per heavy atom. The molecule has 0 bridgehead atoms. The van der Waals surface area contributed by atoms with Crippen LogP contribution in [0.25, 0.3) is 16.9 Å². The summed E-state index contributed by atoms with van der Waals surface area (Å²) in [5.74, 6) is 0. The zero-order valence-corrected chi connectivity index (χ0v) is 11.2. The molecule has 0 radical (unpaired) electrons.